The zero-order chi connectivity index (χ0) is 14.0. The van der Waals surface area contributed by atoms with E-state index < -0.39 is 10.8 Å². The summed E-state index contributed by atoms with van der Waals surface area (Å²) < 4.78 is 0. The predicted molar refractivity (Wildman–Crippen MR) is 75.9 cm³/mol. The van der Waals surface area contributed by atoms with Crippen molar-refractivity contribution in [1.29, 1.82) is 0 Å². The van der Waals surface area contributed by atoms with Crippen molar-refractivity contribution in [2.45, 2.75) is 24.8 Å². The number of nitrogens with one attached hydrogen (secondary N) is 1. The number of rotatable bonds is 4. The third-order valence-electron chi connectivity index (χ3n) is 3.35. The minimum absolute atomic E-state index is 0.00438. The Bertz CT molecular complexity index is 526. The van der Waals surface area contributed by atoms with Crippen molar-refractivity contribution in [2.75, 3.05) is 5.33 Å². The van der Waals surface area contributed by atoms with Gasteiger partial charge in [-0.15, -0.1) is 0 Å². The van der Waals surface area contributed by atoms with Gasteiger partial charge in [0.15, 0.2) is 0 Å². The Morgan fingerprint density at radius 1 is 1.53 bits per heavy atom. The van der Waals surface area contributed by atoms with Crippen molar-refractivity contribution < 1.29 is 9.72 Å². The van der Waals surface area contributed by atoms with Crippen molar-refractivity contribution in [3.63, 3.8) is 0 Å². The van der Waals surface area contributed by atoms with Crippen LogP contribution in [0.5, 0.6) is 0 Å². The first-order valence-electron chi connectivity index (χ1n) is 5.80. The van der Waals surface area contributed by atoms with Crippen molar-refractivity contribution >= 4 is 39.1 Å². The molecule has 0 spiro atoms. The van der Waals surface area contributed by atoms with Crippen LogP contribution in [0.2, 0.25) is 5.02 Å². The fraction of sp³-hybridized carbons (Fsp3) is 0.417. The average molecular weight is 348 g/mol. The van der Waals surface area contributed by atoms with Crippen LogP contribution < -0.4 is 5.32 Å². The molecule has 0 unspecified atom stereocenters. The molecule has 1 amide bonds. The molecule has 5 nitrogen and oxygen atoms in total. The van der Waals surface area contributed by atoms with Gasteiger partial charge in [0.05, 0.1) is 10.5 Å². The third kappa shape index (κ3) is 2.90. The van der Waals surface area contributed by atoms with Gasteiger partial charge in [0.2, 0.25) is 0 Å². The zero-order valence-corrected chi connectivity index (χ0v) is 12.3. The fourth-order valence-electron chi connectivity index (χ4n) is 2.05. The van der Waals surface area contributed by atoms with Gasteiger partial charge in [-0.2, -0.15) is 0 Å². The summed E-state index contributed by atoms with van der Waals surface area (Å²) >= 11 is 9.18. The van der Waals surface area contributed by atoms with E-state index in [0.717, 1.165) is 19.3 Å². The molecule has 19 heavy (non-hydrogen) atoms. The predicted octanol–water partition coefficient (Wildman–Crippen LogP) is 3.30. The quantitative estimate of drug-likeness (QED) is 0.516. The number of alkyl halides is 1. The van der Waals surface area contributed by atoms with Gasteiger partial charge >= 0.3 is 0 Å². The lowest BCUT2D eigenvalue weighted by Gasteiger charge is -2.41. The molecule has 7 heteroatoms. The highest BCUT2D eigenvalue weighted by atomic mass is 79.9. The van der Waals surface area contributed by atoms with E-state index in [9.17, 15) is 14.9 Å². The lowest BCUT2D eigenvalue weighted by molar-refractivity contribution is -0.385. The lowest BCUT2D eigenvalue weighted by atomic mass is 9.78. The van der Waals surface area contributed by atoms with E-state index in [1.165, 1.54) is 18.2 Å². The Hall–Kier alpha value is -1.14. The van der Waals surface area contributed by atoms with E-state index in [1.54, 1.807) is 0 Å². The number of halogens is 2. The summed E-state index contributed by atoms with van der Waals surface area (Å²) in [7, 11) is 0. The number of nitro benzene ring substituents is 1. The molecule has 1 fully saturated rings. The monoisotopic (exact) mass is 346 g/mol. The largest absolute Gasteiger partial charge is 0.346 e. The second-order valence-corrected chi connectivity index (χ2v) is 5.64. The number of nitrogens with zero attached hydrogens (tertiary/aromatic N) is 1. The number of hydrogen-bond donors (Lipinski definition) is 1. The average Bonchev–Trinajstić information content (AvgIpc) is 2.33. The standard InChI is InChI=1S/C12H12BrClN2O3/c13-7-12(4-1-5-12)15-11(17)9-6-8(14)2-3-10(9)16(18)19/h2-3,6H,1,4-5,7H2,(H,15,17). The maximum absolute atomic E-state index is 12.2. The highest BCUT2D eigenvalue weighted by Crippen LogP contribution is 2.34. The highest BCUT2D eigenvalue weighted by Gasteiger charge is 2.38. The van der Waals surface area contributed by atoms with E-state index >= 15 is 0 Å². The van der Waals surface area contributed by atoms with Crippen LogP contribution >= 0.6 is 27.5 Å². The fourth-order valence-corrected chi connectivity index (χ4v) is 2.93. The van der Waals surface area contributed by atoms with Crippen LogP contribution in [0, 0.1) is 10.1 Å². The number of hydrogen-bond acceptors (Lipinski definition) is 3. The van der Waals surface area contributed by atoms with Crippen LogP contribution in [0.1, 0.15) is 29.6 Å². The van der Waals surface area contributed by atoms with Gasteiger partial charge in [-0.05, 0) is 31.4 Å². The number of carbonyl (C=O) groups is 1. The molecule has 0 radical (unpaired) electrons. The zero-order valence-electron chi connectivity index (χ0n) is 9.99. The first kappa shape index (κ1) is 14.3. The minimum atomic E-state index is -0.577. The number of nitro groups is 1. The Labute approximate surface area is 123 Å². The summed E-state index contributed by atoms with van der Waals surface area (Å²) in [4.78, 5) is 22.5. The Morgan fingerprint density at radius 2 is 2.21 bits per heavy atom. The molecule has 0 aliphatic heterocycles. The molecule has 1 aliphatic carbocycles. The maximum atomic E-state index is 12.2. The topological polar surface area (TPSA) is 72.2 Å². The van der Waals surface area contributed by atoms with E-state index in [4.69, 9.17) is 11.6 Å². The summed E-state index contributed by atoms with van der Waals surface area (Å²) in [5, 5.41) is 14.7. The van der Waals surface area contributed by atoms with Crippen molar-refractivity contribution in [3.05, 3.63) is 38.9 Å². The van der Waals surface area contributed by atoms with E-state index in [0.29, 0.717) is 10.4 Å². The van der Waals surface area contributed by atoms with Gasteiger partial charge in [0.1, 0.15) is 5.56 Å². The van der Waals surface area contributed by atoms with E-state index in [2.05, 4.69) is 21.2 Å². The minimum Gasteiger partial charge on any atom is -0.346 e. The summed E-state index contributed by atoms with van der Waals surface area (Å²) in [5.41, 5.74) is -0.511. The second-order valence-electron chi connectivity index (χ2n) is 4.64. The van der Waals surface area contributed by atoms with Gasteiger partial charge in [-0.25, -0.2) is 0 Å². The summed E-state index contributed by atoms with van der Waals surface area (Å²) in [6.07, 6.45) is 2.79. The molecule has 0 aromatic heterocycles. The van der Waals surface area contributed by atoms with Crippen molar-refractivity contribution in [3.8, 4) is 0 Å². The molecule has 2 rings (SSSR count). The maximum Gasteiger partial charge on any atom is 0.282 e. The lowest BCUT2D eigenvalue weighted by Crippen LogP contribution is -2.54. The van der Waals surface area contributed by atoms with Crippen LogP contribution in [0.15, 0.2) is 18.2 Å². The van der Waals surface area contributed by atoms with E-state index in [1.807, 2.05) is 0 Å². The SMILES string of the molecule is O=C(NC1(CBr)CCC1)c1cc(Cl)ccc1[N+](=O)[O-]. The van der Waals surface area contributed by atoms with Gasteiger partial charge in [-0.3, -0.25) is 14.9 Å². The molecular weight excluding hydrogens is 336 g/mol. The summed E-state index contributed by atoms with van der Waals surface area (Å²) in [6, 6.07) is 3.98. The first-order chi connectivity index (χ1) is 8.97. The number of amides is 1. The van der Waals surface area contributed by atoms with Crippen LogP contribution in [0.4, 0.5) is 5.69 Å². The second kappa shape index (κ2) is 5.46. The molecule has 1 aromatic rings. The Kier molecular flexibility index (Phi) is 4.10. The molecule has 0 heterocycles. The molecule has 1 aromatic carbocycles. The van der Waals surface area contributed by atoms with Gasteiger partial charge in [0, 0.05) is 16.4 Å². The van der Waals surface area contributed by atoms with Crippen molar-refractivity contribution in [2.24, 2.45) is 0 Å². The first-order valence-corrected chi connectivity index (χ1v) is 7.30. The normalized spacial score (nSPS) is 16.5. The van der Waals surface area contributed by atoms with Gasteiger partial charge < -0.3 is 5.32 Å². The molecule has 1 saturated carbocycles. The molecule has 0 bridgehead atoms. The Morgan fingerprint density at radius 3 is 2.68 bits per heavy atom. The smallest absolute Gasteiger partial charge is 0.282 e. The third-order valence-corrected chi connectivity index (χ3v) is 4.65. The van der Waals surface area contributed by atoms with E-state index in [-0.39, 0.29) is 16.8 Å². The van der Waals surface area contributed by atoms with Gasteiger partial charge in [-0.1, -0.05) is 27.5 Å². The summed E-state index contributed by atoms with van der Waals surface area (Å²) in [5.74, 6) is -0.451. The molecule has 0 atom stereocenters. The molecule has 1 aliphatic rings. The van der Waals surface area contributed by atoms with Crippen LogP contribution in [0.25, 0.3) is 0 Å². The number of carbonyl (C=O) groups excluding carboxylic acids is 1. The van der Waals surface area contributed by atoms with Crippen molar-refractivity contribution in [1.82, 2.24) is 5.32 Å². The Balaban J connectivity index is 2.28. The number of benzene rings is 1. The van der Waals surface area contributed by atoms with Crippen LogP contribution in [-0.2, 0) is 0 Å². The molecular formula is C12H12BrClN2O3. The van der Waals surface area contributed by atoms with Crippen LogP contribution in [0.3, 0.4) is 0 Å². The molecule has 102 valence electrons. The highest BCUT2D eigenvalue weighted by molar-refractivity contribution is 9.09. The van der Waals surface area contributed by atoms with Gasteiger partial charge in [0.25, 0.3) is 11.6 Å². The molecule has 1 N–H and O–H groups in total. The molecule has 0 saturated heterocycles. The summed E-state index contributed by atoms with van der Waals surface area (Å²) in [6.45, 7) is 0. The van der Waals surface area contributed by atoms with Crippen LogP contribution in [-0.4, -0.2) is 21.7 Å².